The summed E-state index contributed by atoms with van der Waals surface area (Å²) < 4.78 is 7.60. The smallest absolute Gasteiger partial charge is 0.0762 e. The van der Waals surface area contributed by atoms with Gasteiger partial charge in [0.1, 0.15) is 0 Å². The van der Waals surface area contributed by atoms with Crippen LogP contribution in [0.5, 0.6) is 0 Å². The third-order valence-electron chi connectivity index (χ3n) is 2.28. The van der Waals surface area contributed by atoms with Crippen molar-refractivity contribution in [3.8, 4) is 0 Å². The molecule has 0 saturated carbocycles. The Kier molecular flexibility index (Phi) is 5.65. The summed E-state index contributed by atoms with van der Waals surface area (Å²) in [4.78, 5) is 0. The summed E-state index contributed by atoms with van der Waals surface area (Å²) in [6, 6.07) is 2.06. The van der Waals surface area contributed by atoms with Gasteiger partial charge in [-0.05, 0) is 39.8 Å². The Morgan fingerprint density at radius 3 is 2.82 bits per heavy atom. The number of hydrogen-bond donors (Lipinski definition) is 1. The van der Waals surface area contributed by atoms with E-state index in [0.717, 1.165) is 31.7 Å². The molecule has 4 heteroatoms. The molecule has 98 valence electrons. The summed E-state index contributed by atoms with van der Waals surface area (Å²) in [5.41, 5.74) is 1.02. The molecule has 0 spiro atoms. The first-order chi connectivity index (χ1) is 8.01. The van der Waals surface area contributed by atoms with E-state index in [1.54, 1.807) is 0 Å². The predicted molar refractivity (Wildman–Crippen MR) is 69.9 cm³/mol. The molecular weight excluding hydrogens is 214 g/mol. The standard InChI is InChI=1S/C13H25N3O/c1-5-7-14-11-12-6-8-16(15-12)9-10-17-13(2,3)4/h6,8,14H,5,7,9-11H2,1-4H3. The Morgan fingerprint density at radius 2 is 2.18 bits per heavy atom. The summed E-state index contributed by atoms with van der Waals surface area (Å²) in [5.74, 6) is 0. The van der Waals surface area contributed by atoms with E-state index in [-0.39, 0.29) is 5.60 Å². The van der Waals surface area contributed by atoms with Gasteiger partial charge in [0.05, 0.1) is 24.4 Å². The van der Waals surface area contributed by atoms with Crippen molar-refractivity contribution in [3.63, 3.8) is 0 Å². The fourth-order valence-corrected chi connectivity index (χ4v) is 1.46. The summed E-state index contributed by atoms with van der Waals surface area (Å²) in [6.45, 7) is 11.8. The second-order valence-corrected chi connectivity index (χ2v) is 5.21. The van der Waals surface area contributed by atoms with Crippen molar-refractivity contribution in [1.29, 1.82) is 0 Å². The molecule has 0 unspecified atom stereocenters. The predicted octanol–water partition coefficient (Wildman–Crippen LogP) is 2.20. The molecule has 1 aromatic heterocycles. The van der Waals surface area contributed by atoms with Crippen molar-refractivity contribution < 1.29 is 4.74 Å². The second kappa shape index (κ2) is 6.77. The van der Waals surface area contributed by atoms with Crippen molar-refractivity contribution in [2.75, 3.05) is 13.2 Å². The molecule has 0 aromatic carbocycles. The van der Waals surface area contributed by atoms with E-state index in [4.69, 9.17) is 4.74 Å². The molecule has 0 amide bonds. The van der Waals surface area contributed by atoms with Crippen molar-refractivity contribution >= 4 is 0 Å². The molecule has 1 heterocycles. The maximum atomic E-state index is 5.66. The average Bonchev–Trinajstić information content (AvgIpc) is 2.64. The van der Waals surface area contributed by atoms with E-state index >= 15 is 0 Å². The van der Waals surface area contributed by atoms with Crippen LogP contribution in [0, 0.1) is 0 Å². The van der Waals surface area contributed by atoms with Crippen molar-refractivity contribution in [2.24, 2.45) is 0 Å². The maximum Gasteiger partial charge on any atom is 0.0762 e. The molecule has 1 rings (SSSR count). The van der Waals surface area contributed by atoms with E-state index < -0.39 is 0 Å². The molecule has 1 aromatic rings. The second-order valence-electron chi connectivity index (χ2n) is 5.21. The molecule has 0 atom stereocenters. The Hall–Kier alpha value is -0.870. The van der Waals surface area contributed by atoms with Crippen LogP contribution in [0.25, 0.3) is 0 Å². The van der Waals surface area contributed by atoms with Gasteiger partial charge < -0.3 is 10.1 Å². The molecule has 0 aliphatic rings. The number of hydrogen-bond acceptors (Lipinski definition) is 3. The van der Waals surface area contributed by atoms with Crippen molar-refractivity contribution in [1.82, 2.24) is 15.1 Å². The third-order valence-corrected chi connectivity index (χ3v) is 2.28. The van der Waals surface area contributed by atoms with Crippen LogP contribution in [-0.2, 0) is 17.8 Å². The largest absolute Gasteiger partial charge is 0.374 e. The van der Waals surface area contributed by atoms with E-state index in [9.17, 15) is 0 Å². The van der Waals surface area contributed by atoms with Gasteiger partial charge in [0.25, 0.3) is 0 Å². The third kappa shape index (κ3) is 6.44. The number of ether oxygens (including phenoxy) is 1. The van der Waals surface area contributed by atoms with Crippen LogP contribution >= 0.6 is 0 Å². The highest BCUT2D eigenvalue weighted by Gasteiger charge is 2.09. The molecule has 17 heavy (non-hydrogen) atoms. The van der Waals surface area contributed by atoms with Crippen LogP contribution in [-0.4, -0.2) is 28.5 Å². The first-order valence-corrected chi connectivity index (χ1v) is 6.38. The van der Waals surface area contributed by atoms with Gasteiger partial charge in [0.15, 0.2) is 0 Å². The van der Waals surface area contributed by atoms with Gasteiger partial charge in [-0.15, -0.1) is 0 Å². The number of rotatable bonds is 7. The normalized spacial score (nSPS) is 12.0. The Labute approximate surface area is 104 Å². The van der Waals surface area contributed by atoms with Gasteiger partial charge in [0.2, 0.25) is 0 Å². The lowest BCUT2D eigenvalue weighted by atomic mass is 10.2. The maximum absolute atomic E-state index is 5.66. The zero-order chi connectivity index (χ0) is 12.7. The monoisotopic (exact) mass is 239 g/mol. The summed E-state index contributed by atoms with van der Waals surface area (Å²) in [7, 11) is 0. The van der Waals surface area contributed by atoms with E-state index in [2.05, 4.69) is 44.2 Å². The number of aromatic nitrogens is 2. The molecule has 0 aliphatic carbocycles. The van der Waals surface area contributed by atoms with Crippen LogP contribution < -0.4 is 5.32 Å². The topological polar surface area (TPSA) is 39.1 Å². The molecule has 0 aliphatic heterocycles. The zero-order valence-electron chi connectivity index (χ0n) is 11.5. The van der Waals surface area contributed by atoms with E-state index in [1.165, 1.54) is 0 Å². The molecule has 0 bridgehead atoms. The highest BCUT2D eigenvalue weighted by molar-refractivity contribution is 4.98. The minimum Gasteiger partial charge on any atom is -0.374 e. The lowest BCUT2D eigenvalue weighted by molar-refractivity contribution is -0.00792. The highest BCUT2D eigenvalue weighted by atomic mass is 16.5. The molecular formula is C13H25N3O. The quantitative estimate of drug-likeness (QED) is 0.741. The lowest BCUT2D eigenvalue weighted by Gasteiger charge is -2.19. The lowest BCUT2D eigenvalue weighted by Crippen LogP contribution is -2.22. The van der Waals surface area contributed by atoms with Crippen molar-refractivity contribution in [3.05, 3.63) is 18.0 Å². The number of nitrogens with zero attached hydrogens (tertiary/aromatic N) is 2. The van der Waals surface area contributed by atoms with Crippen LogP contribution in [0.3, 0.4) is 0 Å². The highest BCUT2D eigenvalue weighted by Crippen LogP contribution is 2.06. The summed E-state index contributed by atoms with van der Waals surface area (Å²) >= 11 is 0. The van der Waals surface area contributed by atoms with Crippen molar-refractivity contribution in [2.45, 2.75) is 52.8 Å². The Morgan fingerprint density at radius 1 is 1.41 bits per heavy atom. The van der Waals surface area contributed by atoms with Crippen LogP contribution in [0.4, 0.5) is 0 Å². The molecule has 0 saturated heterocycles. The first kappa shape index (κ1) is 14.2. The fraction of sp³-hybridized carbons (Fsp3) is 0.769. The fourth-order valence-electron chi connectivity index (χ4n) is 1.46. The first-order valence-electron chi connectivity index (χ1n) is 6.38. The van der Waals surface area contributed by atoms with Gasteiger partial charge in [-0.2, -0.15) is 5.10 Å². The van der Waals surface area contributed by atoms with E-state index in [1.807, 2.05) is 10.9 Å². The van der Waals surface area contributed by atoms with Gasteiger partial charge in [-0.1, -0.05) is 6.92 Å². The molecule has 1 N–H and O–H groups in total. The van der Waals surface area contributed by atoms with Crippen LogP contribution in [0.1, 0.15) is 39.8 Å². The minimum atomic E-state index is -0.0708. The van der Waals surface area contributed by atoms with Gasteiger partial charge in [-0.3, -0.25) is 4.68 Å². The Balaban J connectivity index is 2.26. The SMILES string of the molecule is CCCNCc1ccn(CCOC(C)(C)C)n1. The van der Waals surface area contributed by atoms with Gasteiger partial charge >= 0.3 is 0 Å². The Bertz CT molecular complexity index is 315. The van der Waals surface area contributed by atoms with E-state index in [0.29, 0.717) is 6.61 Å². The molecule has 4 nitrogen and oxygen atoms in total. The average molecular weight is 239 g/mol. The molecule has 0 radical (unpaired) electrons. The zero-order valence-corrected chi connectivity index (χ0v) is 11.5. The minimum absolute atomic E-state index is 0.0708. The van der Waals surface area contributed by atoms with Crippen LogP contribution in [0.2, 0.25) is 0 Å². The van der Waals surface area contributed by atoms with Gasteiger partial charge in [0, 0.05) is 12.7 Å². The number of nitrogens with one attached hydrogen (secondary N) is 1. The molecule has 0 fully saturated rings. The summed E-state index contributed by atoms with van der Waals surface area (Å²) in [5, 5.41) is 7.81. The summed E-state index contributed by atoms with van der Waals surface area (Å²) in [6.07, 6.45) is 3.16. The van der Waals surface area contributed by atoms with Gasteiger partial charge in [-0.25, -0.2) is 0 Å². The van der Waals surface area contributed by atoms with Crippen LogP contribution in [0.15, 0.2) is 12.3 Å².